The second-order valence-corrected chi connectivity index (χ2v) is 5.23. The number of amides is 1. The first-order chi connectivity index (χ1) is 9.08. The van der Waals surface area contributed by atoms with Crippen LogP contribution in [0.15, 0.2) is 17.5 Å². The van der Waals surface area contributed by atoms with Gasteiger partial charge in [0.2, 0.25) is 0 Å². The number of hydrogen-bond acceptors (Lipinski definition) is 4. The Labute approximate surface area is 115 Å². The van der Waals surface area contributed by atoms with Crippen LogP contribution in [0.4, 0.5) is 0 Å². The van der Waals surface area contributed by atoms with Gasteiger partial charge >= 0.3 is 5.97 Å². The first kappa shape index (κ1) is 13.8. The van der Waals surface area contributed by atoms with Crippen molar-refractivity contribution in [3.05, 3.63) is 28.0 Å². The summed E-state index contributed by atoms with van der Waals surface area (Å²) < 4.78 is 5.40. The highest BCUT2D eigenvalue weighted by Gasteiger charge is 2.24. The van der Waals surface area contributed by atoms with Crippen molar-refractivity contribution in [2.45, 2.75) is 13.0 Å². The van der Waals surface area contributed by atoms with Gasteiger partial charge in [-0.05, 0) is 30.0 Å². The van der Waals surface area contributed by atoms with E-state index in [4.69, 9.17) is 9.84 Å². The SMILES string of the molecule is CC1CN(C(=O)c2sccc2C=CC(=O)O)CCO1. The van der Waals surface area contributed by atoms with E-state index in [9.17, 15) is 9.59 Å². The number of rotatable bonds is 3. The summed E-state index contributed by atoms with van der Waals surface area (Å²) in [4.78, 5) is 25.2. The third-order valence-electron chi connectivity index (χ3n) is 2.82. The van der Waals surface area contributed by atoms with Crippen LogP contribution in [-0.4, -0.2) is 47.7 Å². The van der Waals surface area contributed by atoms with Crippen molar-refractivity contribution in [2.75, 3.05) is 19.7 Å². The maximum Gasteiger partial charge on any atom is 0.328 e. The van der Waals surface area contributed by atoms with Gasteiger partial charge in [0.15, 0.2) is 0 Å². The monoisotopic (exact) mass is 281 g/mol. The van der Waals surface area contributed by atoms with E-state index in [0.717, 1.165) is 6.08 Å². The summed E-state index contributed by atoms with van der Waals surface area (Å²) in [6.07, 6.45) is 2.53. The quantitative estimate of drug-likeness (QED) is 0.856. The van der Waals surface area contributed by atoms with Gasteiger partial charge in [-0.1, -0.05) is 0 Å². The Kier molecular flexibility index (Phi) is 4.34. The van der Waals surface area contributed by atoms with Gasteiger partial charge in [0.25, 0.3) is 5.91 Å². The molecule has 0 spiro atoms. The lowest BCUT2D eigenvalue weighted by atomic mass is 10.2. The van der Waals surface area contributed by atoms with Crippen molar-refractivity contribution in [1.82, 2.24) is 4.90 Å². The molecule has 1 fully saturated rings. The molecule has 1 aliphatic rings. The highest BCUT2D eigenvalue weighted by molar-refractivity contribution is 7.12. The average molecular weight is 281 g/mol. The van der Waals surface area contributed by atoms with E-state index in [1.165, 1.54) is 17.4 Å². The minimum absolute atomic E-state index is 0.0377. The minimum atomic E-state index is -1.02. The fourth-order valence-corrected chi connectivity index (χ4v) is 2.78. The number of carbonyl (C=O) groups is 2. The molecule has 1 N–H and O–H groups in total. The molecule has 6 heteroatoms. The standard InChI is InChI=1S/C13H15NO4S/c1-9-8-14(5-6-18-9)13(17)12-10(4-7-19-12)2-3-11(15)16/h2-4,7,9H,5-6,8H2,1H3,(H,15,16). The Morgan fingerprint density at radius 2 is 2.37 bits per heavy atom. The normalized spacial score (nSPS) is 19.8. The van der Waals surface area contributed by atoms with E-state index < -0.39 is 5.97 Å². The Hall–Kier alpha value is -1.66. The van der Waals surface area contributed by atoms with E-state index in [0.29, 0.717) is 30.1 Å². The van der Waals surface area contributed by atoms with Crippen LogP contribution in [0.1, 0.15) is 22.2 Å². The molecule has 1 atom stereocenters. The van der Waals surface area contributed by atoms with Crippen molar-refractivity contribution in [3.63, 3.8) is 0 Å². The number of carboxylic acid groups (broad SMARTS) is 1. The lowest BCUT2D eigenvalue weighted by molar-refractivity contribution is -0.131. The van der Waals surface area contributed by atoms with Crippen LogP contribution in [0, 0.1) is 0 Å². The highest BCUT2D eigenvalue weighted by Crippen LogP contribution is 2.21. The first-order valence-corrected chi connectivity index (χ1v) is 6.85. The summed E-state index contributed by atoms with van der Waals surface area (Å²) in [5, 5.41) is 10.4. The third kappa shape index (κ3) is 3.42. The van der Waals surface area contributed by atoms with Crippen LogP contribution in [0.25, 0.3) is 6.08 Å². The minimum Gasteiger partial charge on any atom is -0.478 e. The lowest BCUT2D eigenvalue weighted by Crippen LogP contribution is -2.44. The van der Waals surface area contributed by atoms with Crippen molar-refractivity contribution in [3.8, 4) is 0 Å². The summed E-state index contributed by atoms with van der Waals surface area (Å²) >= 11 is 1.33. The van der Waals surface area contributed by atoms with Crippen LogP contribution >= 0.6 is 11.3 Å². The zero-order chi connectivity index (χ0) is 13.8. The second-order valence-electron chi connectivity index (χ2n) is 4.31. The molecule has 2 rings (SSSR count). The number of thiophene rings is 1. The molecular weight excluding hydrogens is 266 g/mol. The number of hydrogen-bond donors (Lipinski definition) is 1. The molecule has 0 aliphatic carbocycles. The van der Waals surface area contributed by atoms with Gasteiger partial charge in [-0.3, -0.25) is 4.79 Å². The number of nitrogens with zero attached hydrogens (tertiary/aromatic N) is 1. The summed E-state index contributed by atoms with van der Waals surface area (Å²) in [6.45, 7) is 3.61. The van der Waals surface area contributed by atoms with E-state index >= 15 is 0 Å². The molecule has 2 heterocycles. The average Bonchev–Trinajstić information content (AvgIpc) is 2.83. The Morgan fingerprint density at radius 3 is 3.05 bits per heavy atom. The smallest absolute Gasteiger partial charge is 0.328 e. The predicted octanol–water partition coefficient (Wildman–Crippen LogP) is 1.71. The number of carboxylic acids is 1. The molecule has 1 aromatic rings. The molecule has 102 valence electrons. The van der Waals surface area contributed by atoms with Gasteiger partial charge in [0, 0.05) is 19.2 Å². The largest absolute Gasteiger partial charge is 0.478 e. The van der Waals surface area contributed by atoms with E-state index in [1.807, 2.05) is 6.92 Å². The number of aliphatic carboxylic acids is 1. The molecule has 5 nitrogen and oxygen atoms in total. The zero-order valence-corrected chi connectivity index (χ0v) is 11.4. The van der Waals surface area contributed by atoms with Crippen molar-refractivity contribution in [2.24, 2.45) is 0 Å². The van der Waals surface area contributed by atoms with E-state index in [1.54, 1.807) is 16.3 Å². The molecule has 1 aliphatic heterocycles. The van der Waals surface area contributed by atoms with Gasteiger partial charge in [-0.2, -0.15) is 0 Å². The van der Waals surface area contributed by atoms with Crippen molar-refractivity contribution >= 4 is 29.3 Å². The Balaban J connectivity index is 2.15. The van der Waals surface area contributed by atoms with Crippen LogP contribution in [0.5, 0.6) is 0 Å². The van der Waals surface area contributed by atoms with Gasteiger partial charge < -0.3 is 14.7 Å². The highest BCUT2D eigenvalue weighted by atomic mass is 32.1. The molecule has 0 saturated carbocycles. The number of carbonyl (C=O) groups excluding carboxylic acids is 1. The molecule has 1 aromatic heterocycles. The van der Waals surface area contributed by atoms with Crippen LogP contribution < -0.4 is 0 Å². The zero-order valence-electron chi connectivity index (χ0n) is 10.5. The van der Waals surface area contributed by atoms with Gasteiger partial charge in [-0.15, -0.1) is 11.3 Å². The summed E-state index contributed by atoms with van der Waals surface area (Å²) in [6, 6.07) is 1.75. The van der Waals surface area contributed by atoms with E-state index in [-0.39, 0.29) is 12.0 Å². The molecule has 1 amide bonds. The Morgan fingerprint density at radius 1 is 1.58 bits per heavy atom. The first-order valence-electron chi connectivity index (χ1n) is 5.97. The molecule has 0 bridgehead atoms. The maximum absolute atomic E-state index is 12.4. The molecular formula is C13H15NO4S. The third-order valence-corrected chi connectivity index (χ3v) is 3.74. The number of ether oxygens (including phenoxy) is 1. The van der Waals surface area contributed by atoms with Crippen molar-refractivity contribution in [1.29, 1.82) is 0 Å². The molecule has 1 unspecified atom stereocenters. The van der Waals surface area contributed by atoms with Crippen LogP contribution in [0.3, 0.4) is 0 Å². The van der Waals surface area contributed by atoms with E-state index in [2.05, 4.69) is 0 Å². The maximum atomic E-state index is 12.4. The van der Waals surface area contributed by atoms with Crippen LogP contribution in [0.2, 0.25) is 0 Å². The topological polar surface area (TPSA) is 66.8 Å². The summed E-state index contributed by atoms with van der Waals surface area (Å²) in [5.41, 5.74) is 0.650. The van der Waals surface area contributed by atoms with Gasteiger partial charge in [0.1, 0.15) is 0 Å². The Bertz CT molecular complexity index is 508. The second kappa shape index (κ2) is 5.99. The number of morpholine rings is 1. The lowest BCUT2D eigenvalue weighted by Gasteiger charge is -2.31. The molecule has 1 saturated heterocycles. The molecule has 19 heavy (non-hydrogen) atoms. The van der Waals surface area contributed by atoms with Gasteiger partial charge in [0.05, 0.1) is 17.6 Å². The van der Waals surface area contributed by atoms with Crippen LogP contribution in [-0.2, 0) is 9.53 Å². The molecule has 0 aromatic carbocycles. The summed E-state index contributed by atoms with van der Waals surface area (Å²) in [7, 11) is 0. The fraction of sp³-hybridized carbons (Fsp3) is 0.385. The summed E-state index contributed by atoms with van der Waals surface area (Å²) in [5.74, 6) is -1.08. The van der Waals surface area contributed by atoms with Crippen molar-refractivity contribution < 1.29 is 19.4 Å². The predicted molar refractivity (Wildman–Crippen MR) is 72.3 cm³/mol. The fourth-order valence-electron chi connectivity index (χ4n) is 1.93. The molecule has 0 radical (unpaired) electrons. The van der Waals surface area contributed by atoms with Gasteiger partial charge in [-0.25, -0.2) is 4.79 Å².